The Hall–Kier alpha value is -2.10. The summed E-state index contributed by atoms with van der Waals surface area (Å²) < 4.78 is 26.4. The van der Waals surface area contributed by atoms with E-state index in [1.165, 1.54) is 6.07 Å². The summed E-state index contributed by atoms with van der Waals surface area (Å²) in [4.78, 5) is 0. The van der Waals surface area contributed by atoms with Crippen molar-refractivity contribution < 1.29 is 8.78 Å². The van der Waals surface area contributed by atoms with Crippen LogP contribution in [0.2, 0.25) is 0 Å². The Balaban J connectivity index is 2.16. The van der Waals surface area contributed by atoms with Gasteiger partial charge in [0.2, 0.25) is 0 Å². The lowest BCUT2D eigenvalue weighted by atomic mass is 10.1. The average Bonchev–Trinajstić information content (AvgIpc) is 2.34. The van der Waals surface area contributed by atoms with E-state index in [1.54, 1.807) is 6.07 Å². The van der Waals surface area contributed by atoms with Crippen molar-refractivity contribution >= 4 is 11.4 Å². The number of hydrogen-bond donors (Lipinski definition) is 2. The van der Waals surface area contributed by atoms with Crippen LogP contribution >= 0.6 is 0 Å². The Morgan fingerprint density at radius 3 is 2.67 bits per heavy atom. The quantitative estimate of drug-likeness (QED) is 0.816. The molecule has 2 aromatic carbocycles. The molecule has 0 atom stereocenters. The van der Waals surface area contributed by atoms with Gasteiger partial charge in [0, 0.05) is 12.1 Å². The van der Waals surface area contributed by atoms with Crippen LogP contribution in [0, 0.1) is 18.6 Å². The summed E-state index contributed by atoms with van der Waals surface area (Å²) in [7, 11) is 0. The fourth-order valence-electron chi connectivity index (χ4n) is 1.69. The van der Waals surface area contributed by atoms with Crippen LogP contribution < -0.4 is 11.1 Å². The number of halogens is 2. The van der Waals surface area contributed by atoms with Crippen LogP contribution in [0.5, 0.6) is 0 Å². The van der Waals surface area contributed by atoms with Crippen molar-refractivity contribution in [1.82, 2.24) is 0 Å². The lowest BCUT2D eigenvalue weighted by Gasteiger charge is -2.11. The van der Waals surface area contributed by atoms with E-state index in [0.717, 1.165) is 23.4 Å². The Morgan fingerprint density at radius 2 is 1.89 bits per heavy atom. The highest BCUT2D eigenvalue weighted by molar-refractivity contribution is 5.67. The van der Waals surface area contributed by atoms with E-state index in [9.17, 15) is 8.78 Å². The van der Waals surface area contributed by atoms with Gasteiger partial charge in [-0.15, -0.1) is 0 Å². The molecule has 0 aliphatic heterocycles. The highest BCUT2D eigenvalue weighted by atomic mass is 19.1. The maximum absolute atomic E-state index is 13.4. The van der Waals surface area contributed by atoms with Crippen molar-refractivity contribution in [2.75, 3.05) is 11.1 Å². The van der Waals surface area contributed by atoms with Crippen LogP contribution in [0.4, 0.5) is 20.2 Å². The topological polar surface area (TPSA) is 38.0 Å². The molecule has 0 aliphatic rings. The zero-order valence-electron chi connectivity index (χ0n) is 10.0. The second-order valence-electron chi connectivity index (χ2n) is 4.18. The van der Waals surface area contributed by atoms with Gasteiger partial charge in [-0.2, -0.15) is 0 Å². The molecule has 0 aromatic heterocycles. The van der Waals surface area contributed by atoms with Crippen molar-refractivity contribution in [3.63, 3.8) is 0 Å². The van der Waals surface area contributed by atoms with Crippen LogP contribution in [0.25, 0.3) is 0 Å². The smallest absolute Gasteiger partial charge is 0.128 e. The molecule has 0 saturated carbocycles. The summed E-state index contributed by atoms with van der Waals surface area (Å²) in [6.07, 6.45) is 0. The van der Waals surface area contributed by atoms with E-state index < -0.39 is 11.6 Å². The van der Waals surface area contributed by atoms with Crippen molar-refractivity contribution in [3.8, 4) is 0 Å². The third-order valence-electron chi connectivity index (χ3n) is 2.69. The second kappa shape index (κ2) is 5.04. The van der Waals surface area contributed by atoms with Crippen LogP contribution in [-0.2, 0) is 6.54 Å². The van der Waals surface area contributed by atoms with Gasteiger partial charge in [0.15, 0.2) is 0 Å². The summed E-state index contributed by atoms with van der Waals surface area (Å²) in [5, 5.41) is 3.01. The van der Waals surface area contributed by atoms with Gasteiger partial charge < -0.3 is 11.1 Å². The van der Waals surface area contributed by atoms with Gasteiger partial charge in [-0.25, -0.2) is 8.78 Å². The van der Waals surface area contributed by atoms with E-state index in [1.807, 2.05) is 19.1 Å². The van der Waals surface area contributed by atoms with Crippen molar-refractivity contribution in [2.24, 2.45) is 0 Å². The van der Waals surface area contributed by atoms with Crippen molar-refractivity contribution in [3.05, 3.63) is 59.2 Å². The number of nitrogens with one attached hydrogen (secondary N) is 1. The number of nitrogen functional groups attached to an aromatic ring is 1. The Morgan fingerprint density at radius 1 is 1.11 bits per heavy atom. The van der Waals surface area contributed by atoms with Gasteiger partial charge in [0.25, 0.3) is 0 Å². The molecule has 0 unspecified atom stereocenters. The van der Waals surface area contributed by atoms with E-state index in [4.69, 9.17) is 5.73 Å². The lowest BCUT2D eigenvalue weighted by molar-refractivity contribution is 0.587. The van der Waals surface area contributed by atoms with E-state index in [0.29, 0.717) is 5.69 Å². The van der Waals surface area contributed by atoms with Gasteiger partial charge in [0.1, 0.15) is 11.6 Å². The molecule has 0 amide bonds. The molecule has 2 rings (SSSR count). The first kappa shape index (κ1) is 12.4. The van der Waals surface area contributed by atoms with E-state index in [-0.39, 0.29) is 12.1 Å². The minimum absolute atomic E-state index is 0.192. The molecule has 0 radical (unpaired) electrons. The summed E-state index contributed by atoms with van der Waals surface area (Å²) >= 11 is 0. The second-order valence-corrected chi connectivity index (χ2v) is 4.18. The van der Waals surface area contributed by atoms with Gasteiger partial charge in [0.05, 0.1) is 11.4 Å². The van der Waals surface area contributed by atoms with Gasteiger partial charge in [-0.3, -0.25) is 0 Å². The molecular formula is C14H14F2N2. The van der Waals surface area contributed by atoms with Crippen LogP contribution in [0.15, 0.2) is 36.4 Å². The minimum Gasteiger partial charge on any atom is -0.397 e. The number of nitrogens with two attached hydrogens (primary N) is 1. The van der Waals surface area contributed by atoms with Crippen LogP contribution in [0.3, 0.4) is 0 Å². The third kappa shape index (κ3) is 2.77. The SMILES string of the molecule is Cc1ccc(N)c(NCc2cc(F)ccc2F)c1. The maximum atomic E-state index is 13.4. The molecule has 0 bridgehead atoms. The molecule has 18 heavy (non-hydrogen) atoms. The third-order valence-corrected chi connectivity index (χ3v) is 2.69. The number of anilines is 2. The number of aryl methyl sites for hydroxylation is 1. The van der Waals surface area contributed by atoms with Crippen LogP contribution in [-0.4, -0.2) is 0 Å². The highest BCUT2D eigenvalue weighted by Crippen LogP contribution is 2.21. The van der Waals surface area contributed by atoms with E-state index >= 15 is 0 Å². The monoisotopic (exact) mass is 248 g/mol. The summed E-state index contributed by atoms with van der Waals surface area (Å²) in [5.41, 5.74) is 8.41. The molecule has 0 spiro atoms. The first-order valence-electron chi connectivity index (χ1n) is 5.60. The molecule has 4 heteroatoms. The van der Waals surface area contributed by atoms with Crippen LogP contribution in [0.1, 0.15) is 11.1 Å². The maximum Gasteiger partial charge on any atom is 0.128 e. The molecule has 0 fully saturated rings. The largest absolute Gasteiger partial charge is 0.397 e. The zero-order valence-corrected chi connectivity index (χ0v) is 10.0. The van der Waals surface area contributed by atoms with Crippen molar-refractivity contribution in [2.45, 2.75) is 13.5 Å². The minimum atomic E-state index is -0.453. The molecule has 0 heterocycles. The molecule has 94 valence electrons. The molecule has 0 aliphatic carbocycles. The fraction of sp³-hybridized carbons (Fsp3) is 0.143. The summed E-state index contributed by atoms with van der Waals surface area (Å²) in [5.74, 6) is -0.888. The molecular weight excluding hydrogens is 234 g/mol. The molecule has 3 N–H and O–H groups in total. The predicted molar refractivity (Wildman–Crippen MR) is 69.3 cm³/mol. The Labute approximate surface area is 104 Å². The van der Waals surface area contributed by atoms with Gasteiger partial charge in [-0.1, -0.05) is 6.07 Å². The summed E-state index contributed by atoms with van der Waals surface area (Å²) in [6, 6.07) is 8.93. The molecule has 0 saturated heterocycles. The number of hydrogen-bond acceptors (Lipinski definition) is 2. The predicted octanol–water partition coefficient (Wildman–Crippen LogP) is 3.47. The van der Waals surface area contributed by atoms with Crippen molar-refractivity contribution in [1.29, 1.82) is 0 Å². The zero-order chi connectivity index (χ0) is 13.1. The lowest BCUT2D eigenvalue weighted by Crippen LogP contribution is -2.04. The standard InChI is InChI=1S/C14H14F2N2/c1-9-2-5-13(17)14(6-9)18-8-10-7-11(15)3-4-12(10)16/h2-7,18H,8,17H2,1H3. The fourth-order valence-corrected chi connectivity index (χ4v) is 1.69. The number of rotatable bonds is 3. The van der Waals surface area contributed by atoms with Gasteiger partial charge >= 0.3 is 0 Å². The Kier molecular flexibility index (Phi) is 3.46. The first-order valence-corrected chi connectivity index (χ1v) is 5.60. The Bertz CT molecular complexity index is 516. The first-order chi connectivity index (χ1) is 8.56. The molecule has 2 nitrogen and oxygen atoms in total. The highest BCUT2D eigenvalue weighted by Gasteiger charge is 2.05. The van der Waals surface area contributed by atoms with Gasteiger partial charge in [-0.05, 0) is 42.8 Å². The normalized spacial score (nSPS) is 10.4. The number of benzene rings is 2. The van der Waals surface area contributed by atoms with E-state index in [2.05, 4.69) is 5.32 Å². The molecule has 2 aromatic rings. The average molecular weight is 248 g/mol. The summed E-state index contributed by atoms with van der Waals surface area (Å²) in [6.45, 7) is 2.13.